The fourth-order valence-electron chi connectivity index (χ4n) is 2.07. The molecule has 0 saturated carbocycles. The second kappa shape index (κ2) is 9.41. The Morgan fingerprint density at radius 1 is 1.00 bits per heavy atom. The van der Waals surface area contributed by atoms with E-state index in [1.54, 1.807) is 0 Å². The first-order valence-electron chi connectivity index (χ1n) is 7.68. The largest absolute Gasteiger partial charge is 0.355 e. The Morgan fingerprint density at radius 2 is 1.67 bits per heavy atom. The normalized spacial score (nSPS) is 13.4. The van der Waals surface area contributed by atoms with Crippen LogP contribution in [0.4, 0.5) is 0 Å². The molecule has 0 aliphatic carbocycles. The van der Waals surface area contributed by atoms with Crippen molar-refractivity contribution in [2.45, 2.75) is 79.6 Å². The Bertz CT molecular complexity index is 218. The van der Waals surface area contributed by atoms with E-state index in [2.05, 4.69) is 39.9 Å². The van der Waals surface area contributed by atoms with Gasteiger partial charge in [0.2, 0.25) is 5.91 Å². The molecule has 108 valence electrons. The van der Waals surface area contributed by atoms with E-state index in [0.717, 1.165) is 25.8 Å². The van der Waals surface area contributed by atoms with Crippen molar-refractivity contribution in [2.24, 2.45) is 11.3 Å². The number of unbranched alkanes of at least 4 members (excludes halogenated alkanes) is 3. The first kappa shape index (κ1) is 17.5. The molecular weight excluding hydrogens is 222 g/mol. The van der Waals surface area contributed by atoms with Crippen LogP contribution >= 0.6 is 0 Å². The smallest absolute Gasteiger partial charge is 0.223 e. The van der Waals surface area contributed by atoms with Crippen LogP contribution in [-0.2, 0) is 4.79 Å². The molecule has 0 bridgehead atoms. The van der Waals surface area contributed by atoms with Gasteiger partial charge >= 0.3 is 0 Å². The van der Waals surface area contributed by atoms with Crippen molar-refractivity contribution in [1.29, 1.82) is 0 Å². The van der Waals surface area contributed by atoms with Gasteiger partial charge in [-0.3, -0.25) is 4.79 Å². The minimum Gasteiger partial charge on any atom is -0.355 e. The third kappa shape index (κ3) is 9.49. The molecule has 0 rings (SSSR count). The number of amides is 1. The molecule has 0 spiro atoms. The fourth-order valence-corrected chi connectivity index (χ4v) is 2.07. The van der Waals surface area contributed by atoms with E-state index in [-0.39, 0.29) is 17.2 Å². The van der Waals surface area contributed by atoms with Crippen molar-refractivity contribution < 1.29 is 4.79 Å². The molecule has 0 fully saturated rings. The highest BCUT2D eigenvalue weighted by atomic mass is 16.1. The molecule has 2 nitrogen and oxygen atoms in total. The number of rotatable bonds is 9. The lowest BCUT2D eigenvalue weighted by Crippen LogP contribution is -2.36. The summed E-state index contributed by atoms with van der Waals surface area (Å²) in [4.78, 5) is 12.1. The highest BCUT2D eigenvalue weighted by Crippen LogP contribution is 2.17. The van der Waals surface area contributed by atoms with E-state index >= 15 is 0 Å². The van der Waals surface area contributed by atoms with Crippen LogP contribution in [0.25, 0.3) is 0 Å². The molecule has 0 radical (unpaired) electrons. The van der Waals surface area contributed by atoms with Gasteiger partial charge < -0.3 is 5.32 Å². The van der Waals surface area contributed by atoms with Crippen LogP contribution in [0.2, 0.25) is 0 Å². The Balaban J connectivity index is 4.02. The summed E-state index contributed by atoms with van der Waals surface area (Å²) in [6.07, 6.45) is 8.20. The van der Waals surface area contributed by atoms with Gasteiger partial charge in [0, 0.05) is 12.5 Å². The number of hydrogen-bond acceptors (Lipinski definition) is 1. The first-order valence-corrected chi connectivity index (χ1v) is 7.68. The topological polar surface area (TPSA) is 29.1 Å². The number of nitrogens with one attached hydrogen (secondary N) is 1. The fraction of sp³-hybridized carbons (Fsp3) is 0.938. The van der Waals surface area contributed by atoms with Crippen LogP contribution < -0.4 is 5.32 Å². The van der Waals surface area contributed by atoms with Gasteiger partial charge in [-0.2, -0.15) is 0 Å². The van der Waals surface area contributed by atoms with Gasteiger partial charge in [0.25, 0.3) is 0 Å². The van der Waals surface area contributed by atoms with Crippen molar-refractivity contribution in [3.8, 4) is 0 Å². The van der Waals surface area contributed by atoms with Gasteiger partial charge in [0.1, 0.15) is 0 Å². The zero-order chi connectivity index (χ0) is 14.0. The molecule has 18 heavy (non-hydrogen) atoms. The van der Waals surface area contributed by atoms with E-state index in [4.69, 9.17) is 0 Å². The molecule has 0 heterocycles. The number of carbonyl (C=O) groups excluding carboxylic acids is 1. The van der Waals surface area contributed by atoms with E-state index < -0.39 is 0 Å². The average molecular weight is 255 g/mol. The quantitative estimate of drug-likeness (QED) is 0.602. The van der Waals surface area contributed by atoms with Gasteiger partial charge in [-0.15, -0.1) is 0 Å². The van der Waals surface area contributed by atoms with Crippen LogP contribution in [0.1, 0.15) is 79.6 Å². The Hall–Kier alpha value is -0.530. The zero-order valence-electron chi connectivity index (χ0n) is 13.1. The van der Waals surface area contributed by atoms with Crippen LogP contribution in [0.5, 0.6) is 0 Å². The minimum atomic E-state index is 0.175. The van der Waals surface area contributed by atoms with E-state index in [1.165, 1.54) is 25.7 Å². The molecule has 1 N–H and O–H groups in total. The van der Waals surface area contributed by atoms with E-state index in [9.17, 15) is 4.79 Å². The van der Waals surface area contributed by atoms with Gasteiger partial charge in [0.05, 0.1) is 0 Å². The van der Waals surface area contributed by atoms with Crippen LogP contribution in [0.3, 0.4) is 0 Å². The molecule has 1 unspecified atom stereocenters. The van der Waals surface area contributed by atoms with Gasteiger partial charge in [-0.25, -0.2) is 0 Å². The van der Waals surface area contributed by atoms with Crippen molar-refractivity contribution >= 4 is 5.91 Å². The summed E-state index contributed by atoms with van der Waals surface area (Å²) in [6, 6.07) is 0. The van der Waals surface area contributed by atoms with E-state index in [0.29, 0.717) is 0 Å². The lowest BCUT2D eigenvalue weighted by atomic mass is 9.93. The summed E-state index contributed by atoms with van der Waals surface area (Å²) in [7, 11) is 0. The summed E-state index contributed by atoms with van der Waals surface area (Å²) < 4.78 is 0. The lowest BCUT2D eigenvalue weighted by molar-refractivity contribution is -0.125. The maximum Gasteiger partial charge on any atom is 0.223 e. The highest BCUT2D eigenvalue weighted by molar-refractivity contribution is 5.78. The number of hydrogen-bond donors (Lipinski definition) is 1. The van der Waals surface area contributed by atoms with Crippen LogP contribution in [0.15, 0.2) is 0 Å². The molecule has 1 amide bonds. The highest BCUT2D eigenvalue weighted by Gasteiger charge is 2.19. The molecule has 0 aromatic carbocycles. The standard InChI is InChI=1S/C16H33NO/c1-6-8-9-10-12-14(11-7-2)15(18)17-13-16(3,4)5/h14H,6-13H2,1-5H3,(H,17,18). The summed E-state index contributed by atoms with van der Waals surface area (Å²) in [5.74, 6) is 0.498. The summed E-state index contributed by atoms with van der Waals surface area (Å²) in [6.45, 7) is 11.6. The first-order chi connectivity index (χ1) is 8.40. The molecule has 0 aliphatic rings. The molecule has 0 aliphatic heterocycles. The summed E-state index contributed by atoms with van der Waals surface area (Å²) >= 11 is 0. The Morgan fingerprint density at radius 3 is 2.17 bits per heavy atom. The predicted molar refractivity (Wildman–Crippen MR) is 79.6 cm³/mol. The SMILES string of the molecule is CCCCCCC(CCC)C(=O)NCC(C)(C)C. The maximum absolute atomic E-state index is 12.1. The van der Waals surface area contributed by atoms with Gasteiger partial charge in [-0.05, 0) is 18.3 Å². The van der Waals surface area contributed by atoms with Gasteiger partial charge in [-0.1, -0.05) is 66.7 Å². The molecule has 2 heteroatoms. The maximum atomic E-state index is 12.1. The lowest BCUT2D eigenvalue weighted by Gasteiger charge is -2.22. The molecule has 1 atom stereocenters. The van der Waals surface area contributed by atoms with Crippen LogP contribution in [-0.4, -0.2) is 12.5 Å². The Labute approximate surface area is 114 Å². The van der Waals surface area contributed by atoms with Crippen molar-refractivity contribution in [3.05, 3.63) is 0 Å². The average Bonchev–Trinajstić information content (AvgIpc) is 2.29. The van der Waals surface area contributed by atoms with Crippen molar-refractivity contribution in [3.63, 3.8) is 0 Å². The third-order valence-corrected chi connectivity index (χ3v) is 3.21. The minimum absolute atomic E-state index is 0.175. The Kier molecular flexibility index (Phi) is 9.13. The second-order valence-electron chi connectivity index (χ2n) is 6.61. The monoisotopic (exact) mass is 255 g/mol. The van der Waals surface area contributed by atoms with Crippen molar-refractivity contribution in [2.75, 3.05) is 6.54 Å². The van der Waals surface area contributed by atoms with Crippen molar-refractivity contribution in [1.82, 2.24) is 5.32 Å². The van der Waals surface area contributed by atoms with Crippen LogP contribution in [0, 0.1) is 11.3 Å². The van der Waals surface area contributed by atoms with Gasteiger partial charge in [0.15, 0.2) is 0 Å². The molecular formula is C16H33NO. The predicted octanol–water partition coefficient (Wildman–Crippen LogP) is 4.54. The molecule has 0 saturated heterocycles. The third-order valence-electron chi connectivity index (χ3n) is 3.21. The molecule has 0 aromatic heterocycles. The summed E-state index contributed by atoms with van der Waals surface area (Å²) in [5.41, 5.74) is 0.175. The summed E-state index contributed by atoms with van der Waals surface area (Å²) in [5, 5.41) is 3.11. The zero-order valence-corrected chi connectivity index (χ0v) is 13.1. The van der Waals surface area contributed by atoms with E-state index in [1.807, 2.05) is 0 Å². The second-order valence-corrected chi connectivity index (χ2v) is 6.61. The number of carbonyl (C=O) groups is 1. The molecule has 0 aromatic rings.